The Hall–Kier alpha value is -0.490. The van der Waals surface area contributed by atoms with E-state index in [1.807, 2.05) is 0 Å². The molecule has 0 aromatic rings. The summed E-state index contributed by atoms with van der Waals surface area (Å²) in [6.45, 7) is -1.21. The van der Waals surface area contributed by atoms with Crippen LogP contribution in [-0.2, 0) is 0 Å². The first-order chi connectivity index (χ1) is 7.08. The molecule has 15 heavy (non-hydrogen) atoms. The quantitative estimate of drug-likeness (QED) is 0.445. The second-order valence-corrected chi connectivity index (χ2v) is 4.00. The molecule has 0 amide bonds. The summed E-state index contributed by atoms with van der Waals surface area (Å²) in [6, 6.07) is 0. The van der Waals surface area contributed by atoms with E-state index in [9.17, 15) is 0 Å². The number of aliphatic hydroxyl groups is 3. The second kappa shape index (κ2) is 7.76. The van der Waals surface area contributed by atoms with Gasteiger partial charge >= 0.3 is 0 Å². The predicted octanol–water partition coefficient (Wildman–Crippen LogP) is -0.369. The molecular weight excluding hydrogens is 196 g/mol. The molecule has 0 aliphatic heterocycles. The van der Waals surface area contributed by atoms with Gasteiger partial charge in [0.1, 0.15) is 0 Å². The van der Waals surface area contributed by atoms with Crippen LogP contribution in [0, 0.1) is 5.41 Å². The fourth-order valence-corrected chi connectivity index (χ4v) is 1.13. The number of hydrogen-bond acceptors (Lipinski definition) is 5. The number of aliphatic hydroxyl groups excluding tert-OH is 3. The summed E-state index contributed by atoms with van der Waals surface area (Å²) >= 11 is 0. The smallest absolute Gasteiger partial charge is 0.0856 e. The van der Waals surface area contributed by atoms with Gasteiger partial charge in [-0.05, 0) is 25.7 Å². The van der Waals surface area contributed by atoms with Crippen LogP contribution < -0.4 is 5.73 Å². The van der Waals surface area contributed by atoms with Gasteiger partial charge in [0.2, 0.25) is 0 Å². The molecule has 1 rings (SSSR count). The summed E-state index contributed by atoms with van der Waals surface area (Å²) in [4.78, 5) is 0. The first-order valence-electron chi connectivity index (χ1n) is 5.26. The van der Waals surface area contributed by atoms with Gasteiger partial charge < -0.3 is 26.5 Å². The van der Waals surface area contributed by atoms with E-state index >= 15 is 0 Å². The molecule has 6 N–H and O–H groups in total. The Morgan fingerprint density at radius 3 is 1.53 bits per heavy atom. The molecule has 90 valence electrons. The van der Waals surface area contributed by atoms with Gasteiger partial charge in [-0.2, -0.15) is 0 Å². The molecular formula is C10H22N2O3. The van der Waals surface area contributed by atoms with Crippen molar-refractivity contribution in [3.8, 4) is 0 Å². The molecule has 0 spiro atoms. The van der Waals surface area contributed by atoms with Gasteiger partial charge in [-0.1, -0.05) is 6.42 Å². The number of nitrogens with two attached hydrogens (primary N) is 1. The highest BCUT2D eigenvalue weighted by atomic mass is 16.3. The van der Waals surface area contributed by atoms with Gasteiger partial charge in [-0.15, -0.1) is 0 Å². The molecule has 0 bridgehead atoms. The minimum absolute atomic E-state index is 0.403. The van der Waals surface area contributed by atoms with E-state index in [1.165, 1.54) is 19.3 Å². The minimum Gasteiger partial charge on any atom is -0.394 e. The molecule has 1 saturated carbocycles. The first kappa shape index (κ1) is 14.5. The van der Waals surface area contributed by atoms with Crippen molar-refractivity contribution in [1.29, 1.82) is 5.41 Å². The van der Waals surface area contributed by atoms with Crippen molar-refractivity contribution in [3.63, 3.8) is 0 Å². The van der Waals surface area contributed by atoms with Crippen LogP contribution in [0.3, 0.4) is 0 Å². The average molecular weight is 218 g/mol. The van der Waals surface area contributed by atoms with Gasteiger partial charge in [-0.3, -0.25) is 0 Å². The lowest BCUT2D eigenvalue weighted by atomic mass is 9.99. The maximum Gasteiger partial charge on any atom is 0.0856 e. The highest BCUT2D eigenvalue weighted by molar-refractivity contribution is 5.81. The molecule has 1 aliphatic rings. The summed E-state index contributed by atoms with van der Waals surface area (Å²) in [5.41, 5.74) is 4.90. The van der Waals surface area contributed by atoms with E-state index in [0.717, 1.165) is 18.6 Å². The number of nitrogens with one attached hydrogen (secondary N) is 1. The summed E-state index contributed by atoms with van der Waals surface area (Å²) in [7, 11) is 0. The van der Waals surface area contributed by atoms with Crippen molar-refractivity contribution in [3.05, 3.63) is 0 Å². The Morgan fingerprint density at radius 1 is 1.00 bits per heavy atom. The molecule has 0 heterocycles. The van der Waals surface area contributed by atoms with Crippen LogP contribution in [0.4, 0.5) is 0 Å². The maximum absolute atomic E-state index is 8.34. The molecule has 0 saturated heterocycles. The lowest BCUT2D eigenvalue weighted by Crippen LogP contribution is -2.50. The Kier molecular flexibility index (Phi) is 7.50. The van der Waals surface area contributed by atoms with Crippen molar-refractivity contribution in [2.45, 2.75) is 37.6 Å². The van der Waals surface area contributed by atoms with Crippen LogP contribution in [0.2, 0.25) is 0 Å². The van der Waals surface area contributed by atoms with Crippen LogP contribution in [0.15, 0.2) is 0 Å². The zero-order valence-electron chi connectivity index (χ0n) is 9.08. The Labute approximate surface area is 90.4 Å². The van der Waals surface area contributed by atoms with Crippen LogP contribution in [0.5, 0.6) is 0 Å². The molecule has 5 nitrogen and oxygen atoms in total. The largest absolute Gasteiger partial charge is 0.394 e. The molecule has 5 heteroatoms. The molecule has 0 aromatic carbocycles. The van der Waals surface area contributed by atoms with Gasteiger partial charge in [-0.25, -0.2) is 0 Å². The third-order valence-electron chi connectivity index (χ3n) is 2.40. The lowest BCUT2D eigenvalue weighted by molar-refractivity contribution is 0.0698. The number of rotatable bonds is 3. The zero-order valence-corrected chi connectivity index (χ0v) is 9.08. The Morgan fingerprint density at radius 2 is 1.40 bits per heavy atom. The molecule has 0 radical (unpaired) electrons. The van der Waals surface area contributed by atoms with Crippen molar-refractivity contribution in [2.75, 3.05) is 19.8 Å². The predicted molar refractivity (Wildman–Crippen MR) is 59.0 cm³/mol. The summed E-state index contributed by atoms with van der Waals surface area (Å²) in [5, 5.41) is 32.2. The summed E-state index contributed by atoms with van der Waals surface area (Å²) in [6.07, 6.45) is 6.01. The van der Waals surface area contributed by atoms with Crippen molar-refractivity contribution in [1.82, 2.24) is 0 Å². The Bertz CT molecular complexity index is 165. The molecule has 1 fully saturated rings. The topological polar surface area (TPSA) is 111 Å². The standard InChI is InChI=1S/C6H11N.C4H11NO3/c7-6-4-2-1-3-5-6;5-4(1-6,2-7)3-8/h7H,1-5H2;6-8H,1-3,5H2. The van der Waals surface area contributed by atoms with Crippen molar-refractivity contribution < 1.29 is 15.3 Å². The number of hydrogen-bond donors (Lipinski definition) is 5. The first-order valence-corrected chi connectivity index (χ1v) is 5.26. The minimum atomic E-state index is -1.21. The van der Waals surface area contributed by atoms with E-state index < -0.39 is 25.4 Å². The van der Waals surface area contributed by atoms with Crippen LogP contribution in [0.25, 0.3) is 0 Å². The lowest BCUT2D eigenvalue weighted by Gasteiger charge is -2.20. The molecule has 0 aromatic heterocycles. The third-order valence-corrected chi connectivity index (χ3v) is 2.40. The highest BCUT2D eigenvalue weighted by Crippen LogP contribution is 2.12. The normalized spacial score (nSPS) is 16.9. The van der Waals surface area contributed by atoms with Gasteiger partial charge in [0.25, 0.3) is 0 Å². The average Bonchev–Trinajstić information content (AvgIpc) is 2.30. The van der Waals surface area contributed by atoms with E-state index in [4.69, 9.17) is 26.5 Å². The van der Waals surface area contributed by atoms with Gasteiger partial charge in [0, 0.05) is 5.71 Å². The third kappa shape index (κ3) is 6.57. The summed E-state index contributed by atoms with van der Waals surface area (Å²) in [5.74, 6) is 0. The molecule has 0 atom stereocenters. The SMILES string of the molecule is N=C1CCCCC1.NC(CO)(CO)CO. The Balaban J connectivity index is 0.000000262. The van der Waals surface area contributed by atoms with Gasteiger partial charge in [0.05, 0.1) is 25.4 Å². The van der Waals surface area contributed by atoms with Crippen LogP contribution in [0.1, 0.15) is 32.1 Å². The van der Waals surface area contributed by atoms with Crippen molar-refractivity contribution in [2.24, 2.45) is 5.73 Å². The molecule has 1 aliphatic carbocycles. The fourth-order valence-electron chi connectivity index (χ4n) is 1.13. The second-order valence-electron chi connectivity index (χ2n) is 4.00. The van der Waals surface area contributed by atoms with E-state index in [2.05, 4.69) is 0 Å². The van der Waals surface area contributed by atoms with E-state index in [1.54, 1.807) is 0 Å². The monoisotopic (exact) mass is 218 g/mol. The van der Waals surface area contributed by atoms with Crippen LogP contribution >= 0.6 is 0 Å². The molecule has 0 unspecified atom stereocenters. The van der Waals surface area contributed by atoms with E-state index in [-0.39, 0.29) is 0 Å². The highest BCUT2D eigenvalue weighted by Gasteiger charge is 2.20. The summed E-state index contributed by atoms with van der Waals surface area (Å²) < 4.78 is 0. The maximum atomic E-state index is 8.34. The van der Waals surface area contributed by atoms with Crippen molar-refractivity contribution >= 4 is 5.71 Å². The van der Waals surface area contributed by atoms with E-state index in [0.29, 0.717) is 0 Å². The van der Waals surface area contributed by atoms with Gasteiger partial charge in [0.15, 0.2) is 0 Å². The zero-order chi connectivity index (χ0) is 11.7. The fraction of sp³-hybridized carbons (Fsp3) is 0.900. The van der Waals surface area contributed by atoms with Crippen LogP contribution in [-0.4, -0.2) is 46.4 Å².